The number of fused-ring (bicyclic) bond motifs is 2. The standard InChI is InChI=1S/C35H38NS.C13H24O2.Ir/c1-20(2)14-25-15-21(3)32(22(4)16-25)29-19-31(36-34-33(29)23(5)24(6)37-34)27-17-26-12-10-11-13-28(26)30(18-27)35(7,8)9;1-5-10(6-2)12(14)9-13(15)11(7-3)8-4;/h10-13,15-16,18-20H,14H2,1-9H3;9-11,14H,5-8H2,1-4H3;/q-1;;/b;12-9-;. The van der Waals surface area contributed by atoms with Crippen LogP contribution in [0.2, 0.25) is 0 Å². The Balaban J connectivity index is 0.000000403. The minimum atomic E-state index is 0. The summed E-state index contributed by atoms with van der Waals surface area (Å²) in [6.07, 6.45) is 6.01. The molecule has 5 aromatic rings. The number of pyridine rings is 1. The molecule has 3 aromatic carbocycles. The number of rotatable bonds is 11. The van der Waals surface area contributed by atoms with E-state index in [1.54, 1.807) is 0 Å². The van der Waals surface area contributed by atoms with Gasteiger partial charge in [-0.2, -0.15) is 0 Å². The van der Waals surface area contributed by atoms with Gasteiger partial charge < -0.3 is 5.11 Å². The Morgan fingerprint density at radius 1 is 0.887 bits per heavy atom. The molecule has 0 aliphatic rings. The monoisotopic (exact) mass is 909 g/mol. The van der Waals surface area contributed by atoms with Crippen molar-refractivity contribution in [1.82, 2.24) is 4.98 Å². The van der Waals surface area contributed by atoms with Crippen LogP contribution in [0.5, 0.6) is 0 Å². The van der Waals surface area contributed by atoms with Gasteiger partial charge in [-0.3, -0.25) is 9.78 Å². The molecular weight excluding hydrogens is 847 g/mol. The Labute approximate surface area is 338 Å². The molecule has 2 aromatic heterocycles. The Kier molecular flexibility index (Phi) is 15.8. The van der Waals surface area contributed by atoms with Crippen molar-refractivity contribution in [3.05, 3.63) is 99.1 Å². The second-order valence-corrected chi connectivity index (χ2v) is 17.3. The summed E-state index contributed by atoms with van der Waals surface area (Å²) in [6, 6.07) is 21.8. The third-order valence-electron chi connectivity index (χ3n) is 10.6. The van der Waals surface area contributed by atoms with Crippen molar-refractivity contribution in [1.29, 1.82) is 0 Å². The number of benzene rings is 3. The summed E-state index contributed by atoms with van der Waals surface area (Å²) >= 11 is 1.81. The van der Waals surface area contributed by atoms with Crippen molar-refractivity contribution in [2.75, 3.05) is 0 Å². The zero-order valence-electron chi connectivity index (χ0n) is 34.5. The summed E-state index contributed by atoms with van der Waals surface area (Å²) in [4.78, 5) is 19.4. The van der Waals surface area contributed by atoms with Crippen molar-refractivity contribution >= 4 is 38.1 Å². The number of nitrogens with zero attached hydrogens (tertiary/aromatic N) is 1. The van der Waals surface area contributed by atoms with E-state index >= 15 is 0 Å². The second kappa shape index (κ2) is 19.0. The molecule has 53 heavy (non-hydrogen) atoms. The van der Waals surface area contributed by atoms with Gasteiger partial charge in [0.15, 0.2) is 5.78 Å². The number of aryl methyl sites for hydroxylation is 4. The van der Waals surface area contributed by atoms with Gasteiger partial charge in [0.1, 0.15) is 4.83 Å². The van der Waals surface area contributed by atoms with Crippen molar-refractivity contribution < 1.29 is 30.0 Å². The topological polar surface area (TPSA) is 50.2 Å². The number of aliphatic hydroxyl groups is 1. The van der Waals surface area contributed by atoms with Crippen LogP contribution in [0.25, 0.3) is 43.4 Å². The molecule has 3 nitrogen and oxygen atoms in total. The van der Waals surface area contributed by atoms with Crippen LogP contribution in [0.4, 0.5) is 0 Å². The number of aromatic nitrogens is 1. The van der Waals surface area contributed by atoms with Gasteiger partial charge in [-0.05, 0) is 105 Å². The molecular formula is C48H62IrNO2S-. The molecule has 2 heterocycles. The van der Waals surface area contributed by atoms with Gasteiger partial charge in [-0.1, -0.05) is 110 Å². The van der Waals surface area contributed by atoms with Crippen molar-refractivity contribution in [2.45, 2.75) is 128 Å². The molecule has 0 saturated carbocycles. The molecule has 0 aliphatic carbocycles. The first-order valence-corrected chi connectivity index (χ1v) is 20.3. The third kappa shape index (κ3) is 10.4. The Hall–Kier alpha value is -3.11. The maximum atomic E-state index is 11.7. The molecule has 1 radical (unpaired) electrons. The quantitative estimate of drug-likeness (QED) is 0.0816. The van der Waals surface area contributed by atoms with E-state index in [2.05, 4.69) is 117 Å². The van der Waals surface area contributed by atoms with Crippen molar-refractivity contribution in [3.63, 3.8) is 0 Å². The average Bonchev–Trinajstić information content (AvgIpc) is 3.37. The Morgan fingerprint density at radius 3 is 2.02 bits per heavy atom. The Bertz CT molecular complexity index is 2030. The first-order chi connectivity index (χ1) is 24.5. The fourth-order valence-corrected chi connectivity index (χ4v) is 8.58. The Morgan fingerprint density at radius 2 is 1.47 bits per heavy atom. The van der Waals surface area contributed by atoms with E-state index in [9.17, 15) is 9.90 Å². The molecule has 0 spiro atoms. The fraction of sp³-hybridized carbons (Fsp3) is 0.458. The molecule has 0 bridgehead atoms. The van der Waals surface area contributed by atoms with E-state index in [0.717, 1.165) is 53.6 Å². The van der Waals surface area contributed by atoms with Crippen LogP contribution < -0.4 is 0 Å². The molecule has 5 heteroatoms. The van der Waals surface area contributed by atoms with Crippen LogP contribution in [0, 0.1) is 51.5 Å². The van der Waals surface area contributed by atoms with Crippen LogP contribution in [0.1, 0.15) is 121 Å². The van der Waals surface area contributed by atoms with E-state index < -0.39 is 0 Å². The van der Waals surface area contributed by atoms with Crippen LogP contribution in [0.3, 0.4) is 0 Å². The molecule has 0 aliphatic heterocycles. The van der Waals surface area contributed by atoms with Crippen LogP contribution >= 0.6 is 11.3 Å². The number of thiophene rings is 1. The number of aliphatic hydroxyl groups excluding tert-OH is 1. The van der Waals surface area contributed by atoms with Gasteiger partial charge in [0.25, 0.3) is 0 Å². The SMILES string of the molecule is CCC(CC)C(=O)/C=C(\O)C(CC)CC.Cc1cc(CC(C)C)cc(C)c1-c1cc(-c2[c-]c3ccccc3c(C(C)(C)C)c2)nc2sc(C)c(C)c12.[Ir]. The number of ketones is 1. The second-order valence-electron chi connectivity index (χ2n) is 16.1. The van der Waals surface area contributed by atoms with Gasteiger partial charge in [0.2, 0.25) is 0 Å². The average molecular weight is 909 g/mol. The number of hydrogen-bond donors (Lipinski definition) is 1. The largest absolute Gasteiger partial charge is 0.512 e. The van der Waals surface area contributed by atoms with Gasteiger partial charge in [-0.25, -0.2) is 0 Å². The molecule has 0 fully saturated rings. The normalized spacial score (nSPS) is 12.1. The van der Waals surface area contributed by atoms with Gasteiger partial charge in [0, 0.05) is 54.0 Å². The molecule has 0 unspecified atom stereocenters. The van der Waals surface area contributed by atoms with Gasteiger partial charge in [-0.15, -0.1) is 40.5 Å². The molecule has 287 valence electrons. The minimum absolute atomic E-state index is 0. The van der Waals surface area contributed by atoms with E-state index in [-0.39, 0.29) is 48.9 Å². The molecule has 1 N–H and O–H groups in total. The summed E-state index contributed by atoms with van der Waals surface area (Å²) in [6.45, 7) is 28.5. The third-order valence-corrected chi connectivity index (χ3v) is 11.7. The van der Waals surface area contributed by atoms with Crippen LogP contribution in [-0.2, 0) is 36.7 Å². The predicted octanol–water partition coefficient (Wildman–Crippen LogP) is 14.2. The van der Waals surface area contributed by atoms with E-state index in [1.165, 1.54) is 60.7 Å². The van der Waals surface area contributed by atoms with Gasteiger partial charge in [0.05, 0.1) is 5.76 Å². The predicted molar refractivity (Wildman–Crippen MR) is 227 cm³/mol. The first kappa shape index (κ1) is 44.3. The fourth-order valence-electron chi connectivity index (χ4n) is 7.53. The van der Waals surface area contributed by atoms with Gasteiger partial charge >= 0.3 is 0 Å². The summed E-state index contributed by atoms with van der Waals surface area (Å²) in [7, 11) is 0. The summed E-state index contributed by atoms with van der Waals surface area (Å²) in [5, 5.41) is 13.5. The smallest absolute Gasteiger partial charge is 0.162 e. The number of hydrogen-bond acceptors (Lipinski definition) is 4. The zero-order valence-corrected chi connectivity index (χ0v) is 37.7. The molecule has 0 saturated heterocycles. The van der Waals surface area contributed by atoms with Crippen molar-refractivity contribution in [2.24, 2.45) is 17.8 Å². The van der Waals surface area contributed by atoms with E-state index in [1.807, 2.05) is 39.0 Å². The number of carbonyl (C=O) groups excluding carboxylic acids is 1. The molecule has 0 amide bonds. The minimum Gasteiger partial charge on any atom is -0.512 e. The number of carbonyl (C=O) groups is 1. The summed E-state index contributed by atoms with van der Waals surface area (Å²) in [5.74, 6) is 1.19. The summed E-state index contributed by atoms with van der Waals surface area (Å²) < 4.78 is 0. The van der Waals surface area contributed by atoms with Crippen LogP contribution in [-0.4, -0.2) is 15.9 Å². The first-order valence-electron chi connectivity index (χ1n) is 19.5. The van der Waals surface area contributed by atoms with Crippen molar-refractivity contribution in [3.8, 4) is 22.4 Å². The van der Waals surface area contributed by atoms with Crippen LogP contribution in [0.15, 0.2) is 60.4 Å². The summed E-state index contributed by atoms with van der Waals surface area (Å²) in [5.41, 5.74) is 11.5. The number of allylic oxidation sites excluding steroid dienone is 2. The van der Waals surface area contributed by atoms with E-state index in [4.69, 9.17) is 4.98 Å². The maximum absolute atomic E-state index is 11.7. The van der Waals surface area contributed by atoms with E-state index in [0.29, 0.717) is 5.92 Å². The zero-order chi connectivity index (χ0) is 38.5. The molecule has 0 atom stereocenters. The molecule has 5 rings (SSSR count). The maximum Gasteiger partial charge on any atom is 0.162 e.